The van der Waals surface area contributed by atoms with Crippen LogP contribution in [0.3, 0.4) is 0 Å². The third-order valence-electron chi connectivity index (χ3n) is 5.07. The molecule has 186 valence electrons. The number of amides is 1. The summed E-state index contributed by atoms with van der Waals surface area (Å²) < 4.78 is 74.2. The molecule has 2 aromatic carbocycles. The lowest BCUT2D eigenvalue weighted by molar-refractivity contribution is -0.192. The number of alkyl halides is 4. The minimum atomic E-state index is -5.08. The Morgan fingerprint density at radius 3 is 2.00 bits per heavy atom. The normalized spacial score (nSPS) is 18.7. The maximum atomic E-state index is 14.5. The minimum Gasteiger partial charge on any atom is -0.475 e. The summed E-state index contributed by atoms with van der Waals surface area (Å²) in [7, 11) is 0. The first-order valence-electron chi connectivity index (χ1n) is 10.3. The first-order chi connectivity index (χ1) is 15.8. The zero-order valence-corrected chi connectivity index (χ0v) is 18.3. The molecule has 1 amide bonds. The highest BCUT2D eigenvalue weighted by atomic mass is 19.4. The van der Waals surface area contributed by atoms with Gasteiger partial charge in [0.25, 0.3) is 0 Å². The second kappa shape index (κ2) is 11.4. The summed E-state index contributed by atoms with van der Waals surface area (Å²) in [6, 6.07) is 10.1. The average molecular weight is 490 g/mol. The van der Waals surface area contributed by atoms with Crippen LogP contribution in [0, 0.1) is 11.6 Å². The van der Waals surface area contributed by atoms with Crippen molar-refractivity contribution in [3.8, 4) is 0 Å². The standard InChI is InChI=1S/C21H23F3N2O.C2HF3O2/c1-12(2)19-16(23)8-14(9-17(19)24)20(13-6-4-3-5-7-13)26-21(27)18-10-15(22)11-25-18;3-2(4,5)1(6)7/h3-9,12,15,18,20,25H,10-11H2,1-2H3,(H,26,27);(H,6,7)/t15-,18+,20+;/m1./s1. The fourth-order valence-corrected chi connectivity index (χ4v) is 3.46. The largest absolute Gasteiger partial charge is 0.490 e. The van der Waals surface area contributed by atoms with Crippen molar-refractivity contribution in [3.05, 3.63) is 70.8 Å². The average Bonchev–Trinajstić information content (AvgIpc) is 3.18. The highest BCUT2D eigenvalue weighted by Crippen LogP contribution is 2.29. The van der Waals surface area contributed by atoms with Crippen LogP contribution in [0.4, 0.5) is 26.3 Å². The predicted octanol–water partition coefficient (Wildman–Crippen LogP) is 4.63. The third-order valence-corrected chi connectivity index (χ3v) is 5.07. The Bertz CT molecular complexity index is 975. The highest BCUT2D eigenvalue weighted by molar-refractivity contribution is 5.83. The third kappa shape index (κ3) is 7.21. The van der Waals surface area contributed by atoms with Crippen molar-refractivity contribution in [3.63, 3.8) is 0 Å². The van der Waals surface area contributed by atoms with Gasteiger partial charge in [0.2, 0.25) is 5.91 Å². The van der Waals surface area contributed by atoms with Crippen molar-refractivity contribution >= 4 is 11.9 Å². The van der Waals surface area contributed by atoms with Crippen molar-refractivity contribution in [2.24, 2.45) is 0 Å². The number of hydrogen-bond donors (Lipinski definition) is 3. The van der Waals surface area contributed by atoms with Crippen LogP contribution in [0.1, 0.15) is 48.9 Å². The van der Waals surface area contributed by atoms with E-state index in [1.54, 1.807) is 38.1 Å². The molecular formula is C23H24F6N2O3. The monoisotopic (exact) mass is 490 g/mol. The maximum absolute atomic E-state index is 14.5. The number of rotatable bonds is 5. The molecule has 3 N–H and O–H groups in total. The van der Waals surface area contributed by atoms with Crippen LogP contribution >= 0.6 is 0 Å². The van der Waals surface area contributed by atoms with Gasteiger partial charge in [-0.05, 0) is 29.2 Å². The molecule has 0 saturated carbocycles. The van der Waals surface area contributed by atoms with Gasteiger partial charge in [-0.3, -0.25) is 4.79 Å². The van der Waals surface area contributed by atoms with Gasteiger partial charge >= 0.3 is 12.1 Å². The second-order valence-corrected chi connectivity index (χ2v) is 8.00. The smallest absolute Gasteiger partial charge is 0.475 e. The number of carbonyl (C=O) groups excluding carboxylic acids is 1. The van der Waals surface area contributed by atoms with Crippen LogP contribution in [0.2, 0.25) is 0 Å². The molecule has 1 heterocycles. The van der Waals surface area contributed by atoms with Crippen LogP contribution in [0.25, 0.3) is 0 Å². The molecule has 11 heteroatoms. The Morgan fingerprint density at radius 2 is 1.59 bits per heavy atom. The number of carboxylic acid groups (broad SMARTS) is 1. The Hall–Kier alpha value is -3.08. The number of nitrogens with one attached hydrogen (secondary N) is 2. The Balaban J connectivity index is 0.000000509. The zero-order chi connectivity index (χ0) is 25.6. The van der Waals surface area contributed by atoms with Crippen LogP contribution in [-0.4, -0.2) is 41.9 Å². The summed E-state index contributed by atoms with van der Waals surface area (Å²) in [6.07, 6.45) is -6.07. The molecule has 3 rings (SSSR count). The molecule has 2 aromatic rings. The lowest BCUT2D eigenvalue weighted by Gasteiger charge is -2.23. The van der Waals surface area contributed by atoms with Crippen molar-refractivity contribution in [2.45, 2.75) is 50.6 Å². The predicted molar refractivity (Wildman–Crippen MR) is 112 cm³/mol. The summed E-state index contributed by atoms with van der Waals surface area (Å²) in [5.74, 6) is -4.73. The maximum Gasteiger partial charge on any atom is 0.490 e. The lowest BCUT2D eigenvalue weighted by atomic mass is 9.94. The van der Waals surface area contributed by atoms with E-state index in [9.17, 15) is 31.1 Å². The second-order valence-electron chi connectivity index (χ2n) is 8.00. The molecule has 0 aromatic heterocycles. The highest BCUT2D eigenvalue weighted by Gasteiger charge is 2.38. The van der Waals surface area contributed by atoms with Gasteiger partial charge in [-0.1, -0.05) is 44.2 Å². The number of aliphatic carboxylic acids is 1. The number of carbonyl (C=O) groups is 2. The SMILES string of the molecule is CC(C)c1c(F)cc([C@@H](NC(=O)[C@@H]2C[C@@H](F)CN2)c2ccccc2)cc1F.O=C(O)C(F)(F)F. The number of hydrogen-bond acceptors (Lipinski definition) is 3. The topological polar surface area (TPSA) is 78.4 Å². The van der Waals surface area contributed by atoms with E-state index in [0.29, 0.717) is 11.1 Å². The van der Waals surface area contributed by atoms with Crippen molar-refractivity contribution in [1.29, 1.82) is 0 Å². The summed E-state index contributed by atoms with van der Waals surface area (Å²) >= 11 is 0. The zero-order valence-electron chi connectivity index (χ0n) is 18.3. The lowest BCUT2D eigenvalue weighted by Crippen LogP contribution is -2.42. The van der Waals surface area contributed by atoms with E-state index >= 15 is 0 Å². The molecule has 1 aliphatic heterocycles. The number of halogens is 6. The first kappa shape index (κ1) is 27.2. The van der Waals surface area contributed by atoms with E-state index in [-0.39, 0.29) is 24.4 Å². The molecule has 0 unspecified atom stereocenters. The molecular weight excluding hydrogens is 466 g/mol. The van der Waals surface area contributed by atoms with Crippen molar-refractivity contribution < 1.29 is 41.0 Å². The van der Waals surface area contributed by atoms with Gasteiger partial charge in [0.1, 0.15) is 17.8 Å². The Morgan fingerprint density at radius 1 is 1.06 bits per heavy atom. The molecule has 34 heavy (non-hydrogen) atoms. The minimum absolute atomic E-state index is 0.0228. The van der Waals surface area contributed by atoms with Crippen molar-refractivity contribution in [2.75, 3.05) is 6.54 Å². The van der Waals surface area contributed by atoms with Crippen molar-refractivity contribution in [1.82, 2.24) is 10.6 Å². The molecule has 0 bridgehead atoms. The number of carboxylic acids is 1. The molecule has 1 saturated heterocycles. The summed E-state index contributed by atoms with van der Waals surface area (Å²) in [5, 5.41) is 12.8. The van der Waals surface area contributed by atoms with Gasteiger partial charge < -0.3 is 15.7 Å². The van der Waals surface area contributed by atoms with Gasteiger partial charge in [-0.15, -0.1) is 0 Å². The summed E-state index contributed by atoms with van der Waals surface area (Å²) in [5.41, 5.74) is 1.02. The van der Waals surface area contributed by atoms with Gasteiger partial charge in [-0.25, -0.2) is 18.0 Å². The van der Waals surface area contributed by atoms with E-state index in [4.69, 9.17) is 9.90 Å². The summed E-state index contributed by atoms with van der Waals surface area (Å²) in [6.45, 7) is 3.56. The fraction of sp³-hybridized carbons (Fsp3) is 0.391. The molecule has 0 aliphatic carbocycles. The quantitative estimate of drug-likeness (QED) is 0.535. The molecule has 0 radical (unpaired) electrons. The van der Waals surface area contributed by atoms with Crippen LogP contribution in [0.5, 0.6) is 0 Å². The van der Waals surface area contributed by atoms with E-state index < -0.39 is 47.9 Å². The summed E-state index contributed by atoms with van der Waals surface area (Å²) in [4.78, 5) is 21.5. The van der Waals surface area contributed by atoms with Gasteiger partial charge in [0.15, 0.2) is 0 Å². The van der Waals surface area contributed by atoms with Gasteiger partial charge in [-0.2, -0.15) is 13.2 Å². The fourth-order valence-electron chi connectivity index (χ4n) is 3.46. The van der Waals surface area contributed by atoms with Gasteiger partial charge in [0, 0.05) is 18.5 Å². The van der Waals surface area contributed by atoms with Crippen LogP contribution in [0.15, 0.2) is 42.5 Å². The van der Waals surface area contributed by atoms with E-state index in [1.165, 1.54) is 12.1 Å². The van der Waals surface area contributed by atoms with E-state index in [1.807, 2.05) is 6.07 Å². The molecule has 3 atom stereocenters. The first-order valence-corrected chi connectivity index (χ1v) is 10.3. The molecule has 1 fully saturated rings. The van der Waals surface area contributed by atoms with E-state index in [0.717, 1.165) is 0 Å². The molecule has 0 spiro atoms. The molecule has 1 aliphatic rings. The number of benzene rings is 2. The van der Waals surface area contributed by atoms with Gasteiger partial charge in [0.05, 0.1) is 12.1 Å². The van der Waals surface area contributed by atoms with E-state index in [2.05, 4.69) is 10.6 Å². The van der Waals surface area contributed by atoms with Crippen LogP contribution in [-0.2, 0) is 9.59 Å². The Kier molecular flexibility index (Phi) is 9.08. The van der Waals surface area contributed by atoms with Crippen LogP contribution < -0.4 is 10.6 Å². The molecule has 5 nitrogen and oxygen atoms in total. The Labute approximate surface area is 192 Å².